The van der Waals surface area contributed by atoms with Gasteiger partial charge in [-0.1, -0.05) is 6.07 Å². The van der Waals surface area contributed by atoms with Crippen LogP contribution in [0, 0.1) is 11.3 Å². The fraction of sp³-hybridized carbons (Fsp3) is 0.278. The summed E-state index contributed by atoms with van der Waals surface area (Å²) in [5, 5.41) is 13.4. The van der Waals surface area contributed by atoms with Crippen LogP contribution in [0.5, 0.6) is 0 Å². The van der Waals surface area contributed by atoms with Gasteiger partial charge in [0, 0.05) is 16.5 Å². The number of thiophene rings is 1. The molecular formula is C18H17N3O2S. The maximum atomic E-state index is 12.5. The molecule has 0 radical (unpaired) electrons. The van der Waals surface area contributed by atoms with Crippen molar-refractivity contribution in [3.05, 3.63) is 57.8 Å². The minimum atomic E-state index is -0.306. The molecule has 0 saturated heterocycles. The van der Waals surface area contributed by atoms with Gasteiger partial charge in [-0.05, 0) is 48.6 Å². The van der Waals surface area contributed by atoms with Crippen molar-refractivity contribution in [1.82, 2.24) is 10.2 Å². The zero-order chi connectivity index (χ0) is 16.9. The van der Waals surface area contributed by atoms with E-state index in [2.05, 4.69) is 5.32 Å². The molecule has 0 atom stereocenters. The van der Waals surface area contributed by atoms with Crippen molar-refractivity contribution in [2.75, 3.05) is 6.54 Å². The number of hydrogen-bond acceptors (Lipinski definition) is 4. The van der Waals surface area contributed by atoms with E-state index < -0.39 is 0 Å². The van der Waals surface area contributed by atoms with Crippen molar-refractivity contribution >= 4 is 23.2 Å². The highest BCUT2D eigenvalue weighted by Gasteiger charge is 2.32. The molecule has 2 amide bonds. The predicted molar refractivity (Wildman–Crippen MR) is 91.4 cm³/mol. The molecule has 122 valence electrons. The quantitative estimate of drug-likeness (QED) is 0.879. The molecule has 3 rings (SSSR count). The number of carbonyl (C=O) groups is 2. The van der Waals surface area contributed by atoms with Gasteiger partial charge in [0.05, 0.1) is 24.7 Å². The maximum Gasteiger partial charge on any atom is 0.251 e. The molecule has 0 unspecified atom stereocenters. The first-order valence-electron chi connectivity index (χ1n) is 7.77. The molecule has 0 aliphatic heterocycles. The molecule has 1 heterocycles. The van der Waals surface area contributed by atoms with Gasteiger partial charge in [0.15, 0.2) is 0 Å². The van der Waals surface area contributed by atoms with Crippen LogP contribution in [0.15, 0.2) is 41.8 Å². The van der Waals surface area contributed by atoms with Crippen LogP contribution < -0.4 is 5.32 Å². The lowest BCUT2D eigenvalue weighted by Gasteiger charge is -2.22. The Bertz CT molecular complexity index is 759. The highest BCUT2D eigenvalue weighted by molar-refractivity contribution is 7.09. The molecule has 1 aromatic carbocycles. The number of nitrogens with zero attached hydrogens (tertiary/aromatic N) is 2. The third-order valence-electron chi connectivity index (χ3n) is 3.89. The summed E-state index contributed by atoms with van der Waals surface area (Å²) in [6.45, 7) is 0.592. The second kappa shape index (κ2) is 7.28. The molecule has 1 saturated carbocycles. The fourth-order valence-electron chi connectivity index (χ4n) is 2.43. The van der Waals surface area contributed by atoms with E-state index in [4.69, 9.17) is 5.26 Å². The molecule has 5 nitrogen and oxygen atoms in total. The van der Waals surface area contributed by atoms with E-state index in [-0.39, 0.29) is 18.4 Å². The molecular weight excluding hydrogens is 322 g/mol. The van der Waals surface area contributed by atoms with E-state index in [9.17, 15) is 9.59 Å². The Morgan fingerprint density at radius 1 is 1.25 bits per heavy atom. The number of nitriles is 1. The fourth-order valence-corrected chi connectivity index (χ4v) is 3.14. The number of amides is 2. The lowest BCUT2D eigenvalue weighted by atomic mass is 10.1. The number of rotatable bonds is 6. The van der Waals surface area contributed by atoms with Gasteiger partial charge in [-0.25, -0.2) is 0 Å². The van der Waals surface area contributed by atoms with E-state index in [1.165, 1.54) is 0 Å². The number of hydrogen-bond donors (Lipinski definition) is 1. The molecule has 1 fully saturated rings. The summed E-state index contributed by atoms with van der Waals surface area (Å²) in [5.41, 5.74) is 0.941. The molecule has 1 aromatic heterocycles. The molecule has 0 bridgehead atoms. The van der Waals surface area contributed by atoms with Crippen molar-refractivity contribution in [1.29, 1.82) is 5.26 Å². The van der Waals surface area contributed by atoms with Crippen LogP contribution in [-0.4, -0.2) is 29.3 Å². The molecule has 0 spiro atoms. The Balaban J connectivity index is 1.56. The number of carbonyl (C=O) groups excluding carboxylic acids is 2. The van der Waals surface area contributed by atoms with Crippen molar-refractivity contribution < 1.29 is 9.59 Å². The van der Waals surface area contributed by atoms with Crippen molar-refractivity contribution in [3.8, 4) is 6.07 Å². The zero-order valence-corrected chi connectivity index (χ0v) is 13.9. The van der Waals surface area contributed by atoms with Gasteiger partial charge < -0.3 is 10.2 Å². The average molecular weight is 339 g/mol. The van der Waals surface area contributed by atoms with Crippen molar-refractivity contribution in [2.45, 2.75) is 25.4 Å². The van der Waals surface area contributed by atoms with E-state index in [1.807, 2.05) is 28.5 Å². The molecule has 1 aliphatic carbocycles. The summed E-state index contributed by atoms with van der Waals surface area (Å²) >= 11 is 1.63. The highest BCUT2D eigenvalue weighted by Crippen LogP contribution is 2.29. The molecule has 1 N–H and O–H groups in total. The lowest BCUT2D eigenvalue weighted by molar-refractivity contribution is -0.131. The summed E-state index contributed by atoms with van der Waals surface area (Å²) in [6, 6.07) is 12.6. The van der Waals surface area contributed by atoms with Crippen LogP contribution in [0.3, 0.4) is 0 Å². The highest BCUT2D eigenvalue weighted by atomic mass is 32.1. The summed E-state index contributed by atoms with van der Waals surface area (Å²) in [4.78, 5) is 27.6. The first kappa shape index (κ1) is 16.2. The smallest absolute Gasteiger partial charge is 0.251 e. The average Bonchev–Trinajstić information content (AvgIpc) is 3.33. The molecule has 1 aliphatic rings. The van der Waals surface area contributed by atoms with Crippen LogP contribution >= 0.6 is 11.3 Å². The summed E-state index contributed by atoms with van der Waals surface area (Å²) in [5.74, 6) is -0.368. The lowest BCUT2D eigenvalue weighted by Crippen LogP contribution is -2.40. The molecule has 6 heteroatoms. The standard InChI is InChI=1S/C18H17N3O2S/c19-10-13-3-5-14(6-4-13)18(23)20-11-17(22)21(15-7-8-15)12-16-2-1-9-24-16/h1-6,9,15H,7-8,11-12H2,(H,20,23). The summed E-state index contributed by atoms with van der Waals surface area (Å²) < 4.78 is 0. The maximum absolute atomic E-state index is 12.5. The van der Waals surface area contributed by atoms with E-state index in [0.717, 1.165) is 17.7 Å². The summed E-state index contributed by atoms with van der Waals surface area (Å²) in [6.07, 6.45) is 2.06. The Hall–Kier alpha value is -2.65. The Labute approximate surface area is 144 Å². The zero-order valence-electron chi connectivity index (χ0n) is 13.1. The van der Waals surface area contributed by atoms with Crippen LogP contribution in [0.1, 0.15) is 33.6 Å². The van der Waals surface area contributed by atoms with Crippen molar-refractivity contribution in [2.24, 2.45) is 0 Å². The van der Waals surface area contributed by atoms with Crippen molar-refractivity contribution in [3.63, 3.8) is 0 Å². The van der Waals surface area contributed by atoms with Crippen LogP contribution in [0.25, 0.3) is 0 Å². The topological polar surface area (TPSA) is 73.2 Å². The Morgan fingerprint density at radius 2 is 2.00 bits per heavy atom. The normalized spacial score (nSPS) is 13.1. The largest absolute Gasteiger partial charge is 0.343 e. The Morgan fingerprint density at radius 3 is 2.58 bits per heavy atom. The number of nitrogens with one attached hydrogen (secondary N) is 1. The van der Waals surface area contributed by atoms with Gasteiger partial charge in [0.2, 0.25) is 5.91 Å². The van der Waals surface area contributed by atoms with E-state index in [1.54, 1.807) is 35.6 Å². The second-order valence-corrected chi connectivity index (χ2v) is 6.74. The molecule has 2 aromatic rings. The second-order valence-electron chi connectivity index (χ2n) is 5.70. The Kier molecular flexibility index (Phi) is 4.92. The van der Waals surface area contributed by atoms with Crippen LogP contribution in [-0.2, 0) is 11.3 Å². The van der Waals surface area contributed by atoms with Gasteiger partial charge >= 0.3 is 0 Å². The van der Waals surface area contributed by atoms with Crippen LogP contribution in [0.4, 0.5) is 0 Å². The molecule has 24 heavy (non-hydrogen) atoms. The van der Waals surface area contributed by atoms with Gasteiger partial charge in [-0.3, -0.25) is 9.59 Å². The van der Waals surface area contributed by atoms with Gasteiger partial charge in [0.25, 0.3) is 5.91 Å². The minimum absolute atomic E-state index is 0.0132. The predicted octanol–water partition coefficient (Wildman–Crippen LogP) is 2.54. The third kappa shape index (κ3) is 4.00. The van der Waals surface area contributed by atoms with Gasteiger partial charge in [-0.15, -0.1) is 11.3 Å². The first-order valence-corrected chi connectivity index (χ1v) is 8.65. The SMILES string of the molecule is N#Cc1ccc(C(=O)NCC(=O)N(Cc2cccs2)C2CC2)cc1. The van der Waals surface area contributed by atoms with Gasteiger partial charge in [0.1, 0.15) is 0 Å². The number of benzene rings is 1. The summed E-state index contributed by atoms with van der Waals surface area (Å²) in [7, 11) is 0. The van der Waals surface area contributed by atoms with E-state index >= 15 is 0 Å². The van der Waals surface area contributed by atoms with Crippen LogP contribution in [0.2, 0.25) is 0 Å². The first-order chi connectivity index (χ1) is 11.7. The third-order valence-corrected chi connectivity index (χ3v) is 4.75. The van der Waals surface area contributed by atoms with Gasteiger partial charge in [-0.2, -0.15) is 5.26 Å². The minimum Gasteiger partial charge on any atom is -0.343 e. The van der Waals surface area contributed by atoms with E-state index in [0.29, 0.717) is 23.7 Å². The monoisotopic (exact) mass is 339 g/mol.